The SMILES string of the molecule is O=C(Cc1ccc(F)c(Cl)c1)N1CCn2cnc(C3CCCC3)c2C1. The van der Waals surface area contributed by atoms with E-state index in [0.717, 1.165) is 12.1 Å². The molecule has 0 atom stereocenters. The van der Waals surface area contributed by atoms with Crippen LogP contribution in [0.25, 0.3) is 0 Å². The van der Waals surface area contributed by atoms with E-state index in [0.29, 0.717) is 19.0 Å². The Morgan fingerprint density at radius 1 is 1.28 bits per heavy atom. The van der Waals surface area contributed by atoms with E-state index in [4.69, 9.17) is 11.6 Å². The van der Waals surface area contributed by atoms with Crippen molar-refractivity contribution in [2.24, 2.45) is 0 Å². The smallest absolute Gasteiger partial charge is 0.227 e. The minimum atomic E-state index is -0.457. The van der Waals surface area contributed by atoms with Gasteiger partial charge in [-0.05, 0) is 30.5 Å². The number of amides is 1. The summed E-state index contributed by atoms with van der Waals surface area (Å²) >= 11 is 5.82. The number of imidazole rings is 1. The summed E-state index contributed by atoms with van der Waals surface area (Å²) in [6.45, 7) is 2.08. The minimum Gasteiger partial charge on any atom is -0.335 e. The molecule has 4 rings (SSSR count). The zero-order valence-electron chi connectivity index (χ0n) is 14.0. The summed E-state index contributed by atoms with van der Waals surface area (Å²) in [5.41, 5.74) is 3.11. The number of halogens is 2. The summed E-state index contributed by atoms with van der Waals surface area (Å²) in [5, 5.41) is 0.0607. The lowest BCUT2D eigenvalue weighted by Crippen LogP contribution is -2.39. The topological polar surface area (TPSA) is 38.1 Å². The van der Waals surface area contributed by atoms with Gasteiger partial charge in [-0.3, -0.25) is 4.79 Å². The van der Waals surface area contributed by atoms with E-state index in [1.165, 1.54) is 49.2 Å². The maximum atomic E-state index is 13.3. The number of carbonyl (C=O) groups excluding carboxylic acids is 1. The Balaban J connectivity index is 1.48. The first-order valence-corrected chi connectivity index (χ1v) is 9.25. The second kappa shape index (κ2) is 6.79. The molecule has 132 valence electrons. The molecule has 6 heteroatoms. The zero-order valence-corrected chi connectivity index (χ0v) is 14.8. The lowest BCUT2D eigenvalue weighted by atomic mass is 10.0. The molecule has 2 heterocycles. The van der Waals surface area contributed by atoms with Crippen LogP contribution in [0.5, 0.6) is 0 Å². The van der Waals surface area contributed by atoms with Gasteiger partial charge in [-0.25, -0.2) is 9.37 Å². The molecule has 2 aromatic rings. The molecular formula is C19H21ClFN3O. The summed E-state index contributed by atoms with van der Waals surface area (Å²) in [4.78, 5) is 19.2. The average molecular weight is 362 g/mol. The van der Waals surface area contributed by atoms with Gasteiger partial charge < -0.3 is 9.47 Å². The summed E-state index contributed by atoms with van der Waals surface area (Å²) in [7, 11) is 0. The first kappa shape index (κ1) is 16.6. The van der Waals surface area contributed by atoms with Gasteiger partial charge >= 0.3 is 0 Å². The van der Waals surface area contributed by atoms with E-state index in [9.17, 15) is 9.18 Å². The van der Waals surface area contributed by atoms with Gasteiger partial charge in [0.1, 0.15) is 5.82 Å². The Bertz CT molecular complexity index is 798. The van der Waals surface area contributed by atoms with Crippen LogP contribution in [-0.4, -0.2) is 26.9 Å². The molecule has 1 amide bonds. The molecule has 1 aromatic heterocycles. The lowest BCUT2D eigenvalue weighted by molar-refractivity contribution is -0.131. The van der Waals surface area contributed by atoms with Gasteiger partial charge in [0.15, 0.2) is 0 Å². The van der Waals surface area contributed by atoms with Gasteiger partial charge in [0.05, 0.1) is 35.7 Å². The Morgan fingerprint density at radius 2 is 2.08 bits per heavy atom. The van der Waals surface area contributed by atoms with Crippen molar-refractivity contribution in [3.8, 4) is 0 Å². The van der Waals surface area contributed by atoms with Crippen LogP contribution in [0.15, 0.2) is 24.5 Å². The minimum absolute atomic E-state index is 0.0486. The molecule has 0 saturated heterocycles. The molecule has 0 spiro atoms. The molecular weight excluding hydrogens is 341 g/mol. The number of aromatic nitrogens is 2. The van der Waals surface area contributed by atoms with Crippen molar-refractivity contribution in [3.05, 3.63) is 52.3 Å². The van der Waals surface area contributed by atoms with Crippen molar-refractivity contribution in [1.82, 2.24) is 14.5 Å². The quantitative estimate of drug-likeness (QED) is 0.831. The van der Waals surface area contributed by atoms with Crippen LogP contribution in [0.3, 0.4) is 0 Å². The van der Waals surface area contributed by atoms with E-state index in [-0.39, 0.29) is 17.4 Å². The van der Waals surface area contributed by atoms with Gasteiger partial charge in [-0.2, -0.15) is 0 Å². The highest BCUT2D eigenvalue weighted by atomic mass is 35.5. The molecule has 1 aliphatic carbocycles. The molecule has 0 unspecified atom stereocenters. The number of hydrogen-bond acceptors (Lipinski definition) is 2. The van der Waals surface area contributed by atoms with E-state index in [2.05, 4.69) is 9.55 Å². The van der Waals surface area contributed by atoms with Crippen LogP contribution < -0.4 is 0 Å². The van der Waals surface area contributed by atoms with Crippen molar-refractivity contribution in [3.63, 3.8) is 0 Å². The Labute approximate surface area is 151 Å². The maximum absolute atomic E-state index is 13.3. The standard InChI is InChI=1S/C19H21ClFN3O/c20-15-9-13(5-6-16(15)21)10-18(25)23-7-8-24-12-22-19(17(24)11-23)14-3-1-2-4-14/h5-6,9,12,14H,1-4,7-8,10-11H2. The number of hydrogen-bond donors (Lipinski definition) is 0. The molecule has 25 heavy (non-hydrogen) atoms. The normalized spacial score (nSPS) is 17.8. The van der Waals surface area contributed by atoms with Gasteiger partial charge in [0.2, 0.25) is 5.91 Å². The molecule has 1 fully saturated rings. The van der Waals surface area contributed by atoms with Crippen molar-refractivity contribution < 1.29 is 9.18 Å². The van der Waals surface area contributed by atoms with Crippen LogP contribution in [-0.2, 0) is 24.3 Å². The predicted octanol–water partition coefficient (Wildman–Crippen LogP) is 3.92. The maximum Gasteiger partial charge on any atom is 0.227 e. The van der Waals surface area contributed by atoms with Gasteiger partial charge in [0, 0.05) is 19.0 Å². The predicted molar refractivity (Wildman–Crippen MR) is 94.0 cm³/mol. The highest BCUT2D eigenvalue weighted by Gasteiger charge is 2.28. The summed E-state index contributed by atoms with van der Waals surface area (Å²) in [6, 6.07) is 4.47. The largest absolute Gasteiger partial charge is 0.335 e. The van der Waals surface area contributed by atoms with Crippen LogP contribution in [0.4, 0.5) is 4.39 Å². The molecule has 2 aliphatic rings. The van der Waals surface area contributed by atoms with E-state index in [1.54, 1.807) is 6.07 Å². The van der Waals surface area contributed by atoms with Crippen LogP contribution in [0.2, 0.25) is 5.02 Å². The van der Waals surface area contributed by atoms with Crippen LogP contribution in [0.1, 0.15) is 48.6 Å². The Hall–Kier alpha value is -1.88. The number of nitrogens with zero attached hydrogens (tertiary/aromatic N) is 3. The van der Waals surface area contributed by atoms with Gasteiger partial charge in [-0.15, -0.1) is 0 Å². The van der Waals surface area contributed by atoms with Crippen molar-refractivity contribution in [1.29, 1.82) is 0 Å². The third-order valence-corrected chi connectivity index (χ3v) is 5.65. The van der Waals surface area contributed by atoms with E-state index >= 15 is 0 Å². The molecule has 1 aliphatic heterocycles. The fourth-order valence-electron chi connectivity index (χ4n) is 3.97. The third-order valence-electron chi connectivity index (χ3n) is 5.36. The Kier molecular flexibility index (Phi) is 4.50. The lowest BCUT2D eigenvalue weighted by Gasteiger charge is -2.29. The van der Waals surface area contributed by atoms with Crippen LogP contribution in [0, 0.1) is 5.82 Å². The van der Waals surface area contributed by atoms with Crippen LogP contribution >= 0.6 is 11.6 Å². The summed E-state index contributed by atoms with van der Waals surface area (Å²) in [5.74, 6) is 0.135. The van der Waals surface area contributed by atoms with Crippen molar-refractivity contribution in [2.45, 2.75) is 51.1 Å². The van der Waals surface area contributed by atoms with Crippen molar-refractivity contribution >= 4 is 17.5 Å². The molecule has 4 nitrogen and oxygen atoms in total. The molecule has 1 saturated carbocycles. The summed E-state index contributed by atoms with van der Waals surface area (Å²) in [6.07, 6.45) is 7.10. The highest BCUT2D eigenvalue weighted by molar-refractivity contribution is 6.30. The van der Waals surface area contributed by atoms with Crippen molar-refractivity contribution in [2.75, 3.05) is 6.54 Å². The molecule has 1 aromatic carbocycles. The Morgan fingerprint density at radius 3 is 2.84 bits per heavy atom. The zero-order chi connectivity index (χ0) is 17.4. The monoisotopic (exact) mass is 361 g/mol. The van der Waals surface area contributed by atoms with Gasteiger partial charge in [0.25, 0.3) is 0 Å². The van der Waals surface area contributed by atoms with E-state index in [1.807, 2.05) is 11.2 Å². The second-order valence-electron chi connectivity index (χ2n) is 6.99. The molecule has 0 N–H and O–H groups in total. The molecule has 0 radical (unpaired) electrons. The molecule has 0 bridgehead atoms. The van der Waals surface area contributed by atoms with E-state index < -0.39 is 5.82 Å². The fourth-order valence-corrected chi connectivity index (χ4v) is 4.17. The number of fused-ring (bicyclic) bond motifs is 1. The average Bonchev–Trinajstić information content (AvgIpc) is 3.26. The fraction of sp³-hybridized carbons (Fsp3) is 0.474. The number of rotatable bonds is 3. The summed E-state index contributed by atoms with van der Waals surface area (Å²) < 4.78 is 15.5. The number of benzene rings is 1. The first-order chi connectivity index (χ1) is 12.1. The van der Waals surface area contributed by atoms with Gasteiger partial charge in [-0.1, -0.05) is 30.5 Å². The number of carbonyl (C=O) groups is 1. The second-order valence-corrected chi connectivity index (χ2v) is 7.40. The first-order valence-electron chi connectivity index (χ1n) is 8.87. The highest BCUT2D eigenvalue weighted by Crippen LogP contribution is 2.36. The third kappa shape index (κ3) is 3.30.